The summed E-state index contributed by atoms with van der Waals surface area (Å²) < 4.78 is 0. The number of aryl methyl sites for hydroxylation is 1. The first-order valence-electron chi connectivity index (χ1n) is 6.49. The second-order valence-corrected chi connectivity index (χ2v) is 4.84. The Morgan fingerprint density at radius 1 is 1.00 bits per heavy atom. The first-order chi connectivity index (χ1) is 9.16. The Morgan fingerprint density at radius 3 is 2.32 bits per heavy atom. The molecular formula is C17H19NO. The van der Waals surface area contributed by atoms with E-state index >= 15 is 0 Å². The molecule has 0 N–H and O–H groups in total. The highest BCUT2D eigenvalue weighted by molar-refractivity contribution is 5.78. The fourth-order valence-corrected chi connectivity index (χ4v) is 2.05. The Labute approximate surface area is 114 Å². The smallest absolute Gasteiger partial charge is 0.227 e. The van der Waals surface area contributed by atoms with Crippen molar-refractivity contribution in [3.63, 3.8) is 0 Å². The Morgan fingerprint density at radius 2 is 1.63 bits per heavy atom. The van der Waals surface area contributed by atoms with Crippen LogP contribution in [0.15, 0.2) is 54.6 Å². The van der Waals surface area contributed by atoms with Gasteiger partial charge in [0.2, 0.25) is 5.91 Å². The Balaban J connectivity index is 1.99. The summed E-state index contributed by atoms with van der Waals surface area (Å²) in [6.45, 7) is 2.70. The van der Waals surface area contributed by atoms with Gasteiger partial charge in [0.1, 0.15) is 0 Å². The van der Waals surface area contributed by atoms with Crippen molar-refractivity contribution < 1.29 is 4.79 Å². The van der Waals surface area contributed by atoms with E-state index < -0.39 is 0 Å². The first-order valence-corrected chi connectivity index (χ1v) is 6.49. The van der Waals surface area contributed by atoms with Crippen molar-refractivity contribution >= 4 is 5.91 Å². The van der Waals surface area contributed by atoms with E-state index in [9.17, 15) is 4.79 Å². The predicted octanol–water partition coefficient (Wildman–Crippen LogP) is 3.20. The molecule has 0 saturated heterocycles. The lowest BCUT2D eigenvalue weighted by atomic mass is 10.1. The van der Waals surface area contributed by atoms with Gasteiger partial charge in [0.15, 0.2) is 0 Å². The zero-order valence-corrected chi connectivity index (χ0v) is 11.5. The van der Waals surface area contributed by atoms with E-state index in [0.717, 1.165) is 11.1 Å². The molecule has 2 heteroatoms. The molecule has 2 aromatic rings. The van der Waals surface area contributed by atoms with Gasteiger partial charge in [-0.1, -0.05) is 54.6 Å². The molecule has 19 heavy (non-hydrogen) atoms. The zero-order valence-electron chi connectivity index (χ0n) is 11.5. The number of hydrogen-bond donors (Lipinski definition) is 0. The molecule has 0 spiro atoms. The number of rotatable bonds is 4. The van der Waals surface area contributed by atoms with E-state index in [0.29, 0.717) is 13.0 Å². The summed E-state index contributed by atoms with van der Waals surface area (Å²) in [6, 6.07) is 18.1. The number of amides is 1. The fourth-order valence-electron chi connectivity index (χ4n) is 2.05. The molecule has 0 aliphatic heterocycles. The summed E-state index contributed by atoms with van der Waals surface area (Å²) in [4.78, 5) is 14.0. The SMILES string of the molecule is Cc1ccccc1CC(=O)N(C)Cc1ccccc1. The van der Waals surface area contributed by atoms with E-state index in [1.54, 1.807) is 4.90 Å². The molecule has 0 fully saturated rings. The van der Waals surface area contributed by atoms with Gasteiger partial charge in [0.25, 0.3) is 0 Å². The van der Waals surface area contributed by atoms with Gasteiger partial charge in [0.05, 0.1) is 6.42 Å². The van der Waals surface area contributed by atoms with Crippen molar-refractivity contribution in [3.05, 3.63) is 71.3 Å². The molecule has 0 unspecified atom stereocenters. The van der Waals surface area contributed by atoms with E-state index in [-0.39, 0.29) is 5.91 Å². The van der Waals surface area contributed by atoms with Crippen molar-refractivity contribution in [2.45, 2.75) is 19.9 Å². The van der Waals surface area contributed by atoms with E-state index in [2.05, 4.69) is 0 Å². The second-order valence-electron chi connectivity index (χ2n) is 4.84. The van der Waals surface area contributed by atoms with Gasteiger partial charge < -0.3 is 4.90 Å². The third-order valence-electron chi connectivity index (χ3n) is 3.29. The average Bonchev–Trinajstić information content (AvgIpc) is 2.42. The first kappa shape index (κ1) is 13.3. The average molecular weight is 253 g/mol. The minimum absolute atomic E-state index is 0.151. The van der Waals surface area contributed by atoms with Crippen LogP contribution in [0.3, 0.4) is 0 Å². The lowest BCUT2D eigenvalue weighted by Crippen LogP contribution is -2.27. The molecule has 2 rings (SSSR count). The lowest BCUT2D eigenvalue weighted by molar-refractivity contribution is -0.129. The van der Waals surface area contributed by atoms with Crippen LogP contribution in [-0.4, -0.2) is 17.9 Å². The minimum atomic E-state index is 0.151. The molecule has 0 saturated carbocycles. The Hall–Kier alpha value is -2.09. The third-order valence-corrected chi connectivity index (χ3v) is 3.29. The van der Waals surface area contributed by atoms with Crippen LogP contribution in [0.4, 0.5) is 0 Å². The standard InChI is InChI=1S/C17H19NO/c1-14-8-6-7-11-16(14)12-17(19)18(2)13-15-9-4-3-5-10-15/h3-11H,12-13H2,1-2H3. The highest BCUT2D eigenvalue weighted by Crippen LogP contribution is 2.10. The number of nitrogens with zero attached hydrogens (tertiary/aromatic N) is 1. The van der Waals surface area contributed by atoms with E-state index in [4.69, 9.17) is 0 Å². The lowest BCUT2D eigenvalue weighted by Gasteiger charge is -2.18. The number of carbonyl (C=O) groups is 1. The number of hydrogen-bond acceptors (Lipinski definition) is 1. The van der Waals surface area contributed by atoms with Gasteiger partial charge in [-0.25, -0.2) is 0 Å². The Kier molecular flexibility index (Phi) is 4.35. The summed E-state index contributed by atoms with van der Waals surface area (Å²) in [5.74, 6) is 0.151. The van der Waals surface area contributed by atoms with Crippen molar-refractivity contribution in [1.29, 1.82) is 0 Å². The fraction of sp³-hybridized carbons (Fsp3) is 0.235. The van der Waals surface area contributed by atoms with E-state index in [1.807, 2.05) is 68.6 Å². The predicted molar refractivity (Wildman–Crippen MR) is 77.8 cm³/mol. The largest absolute Gasteiger partial charge is 0.341 e. The van der Waals surface area contributed by atoms with Crippen molar-refractivity contribution in [3.8, 4) is 0 Å². The molecular weight excluding hydrogens is 234 g/mol. The molecule has 2 aromatic carbocycles. The quantitative estimate of drug-likeness (QED) is 0.819. The van der Waals surface area contributed by atoms with Crippen LogP contribution in [0.1, 0.15) is 16.7 Å². The van der Waals surface area contributed by atoms with Crippen LogP contribution < -0.4 is 0 Å². The maximum atomic E-state index is 12.2. The highest BCUT2D eigenvalue weighted by atomic mass is 16.2. The normalized spacial score (nSPS) is 10.2. The number of carbonyl (C=O) groups excluding carboxylic acids is 1. The van der Waals surface area contributed by atoms with Crippen LogP contribution in [-0.2, 0) is 17.8 Å². The zero-order chi connectivity index (χ0) is 13.7. The van der Waals surface area contributed by atoms with Crippen molar-refractivity contribution in [1.82, 2.24) is 4.90 Å². The van der Waals surface area contributed by atoms with Crippen molar-refractivity contribution in [2.75, 3.05) is 7.05 Å². The highest BCUT2D eigenvalue weighted by Gasteiger charge is 2.11. The van der Waals surface area contributed by atoms with Gasteiger partial charge in [0, 0.05) is 13.6 Å². The third kappa shape index (κ3) is 3.68. The van der Waals surface area contributed by atoms with Crippen LogP contribution in [0.2, 0.25) is 0 Å². The molecule has 98 valence electrons. The molecule has 0 radical (unpaired) electrons. The molecule has 0 bridgehead atoms. The molecule has 2 nitrogen and oxygen atoms in total. The summed E-state index contributed by atoms with van der Waals surface area (Å²) in [6.07, 6.45) is 0.468. The van der Waals surface area contributed by atoms with Gasteiger partial charge in [-0.05, 0) is 23.6 Å². The van der Waals surface area contributed by atoms with Gasteiger partial charge >= 0.3 is 0 Å². The molecule has 1 amide bonds. The molecule has 0 aliphatic carbocycles. The number of likely N-dealkylation sites (N-methyl/N-ethyl adjacent to an activating group) is 1. The summed E-state index contributed by atoms with van der Waals surface area (Å²) in [7, 11) is 1.85. The minimum Gasteiger partial charge on any atom is -0.341 e. The van der Waals surface area contributed by atoms with Crippen LogP contribution in [0.25, 0.3) is 0 Å². The topological polar surface area (TPSA) is 20.3 Å². The van der Waals surface area contributed by atoms with Gasteiger partial charge in [-0.15, -0.1) is 0 Å². The number of benzene rings is 2. The van der Waals surface area contributed by atoms with Crippen LogP contribution in [0, 0.1) is 6.92 Å². The van der Waals surface area contributed by atoms with Crippen LogP contribution in [0.5, 0.6) is 0 Å². The second kappa shape index (κ2) is 6.19. The van der Waals surface area contributed by atoms with E-state index in [1.165, 1.54) is 5.56 Å². The summed E-state index contributed by atoms with van der Waals surface area (Å²) in [5, 5.41) is 0. The molecule has 0 heterocycles. The Bertz CT molecular complexity index is 548. The molecule has 0 aromatic heterocycles. The van der Waals surface area contributed by atoms with Crippen molar-refractivity contribution in [2.24, 2.45) is 0 Å². The summed E-state index contributed by atoms with van der Waals surface area (Å²) in [5.41, 5.74) is 3.43. The van der Waals surface area contributed by atoms with Gasteiger partial charge in [-0.3, -0.25) is 4.79 Å². The monoisotopic (exact) mass is 253 g/mol. The maximum absolute atomic E-state index is 12.2. The maximum Gasteiger partial charge on any atom is 0.227 e. The molecule has 0 atom stereocenters. The van der Waals surface area contributed by atoms with Crippen LogP contribution >= 0.6 is 0 Å². The molecule has 0 aliphatic rings. The summed E-state index contributed by atoms with van der Waals surface area (Å²) >= 11 is 0. The van der Waals surface area contributed by atoms with Gasteiger partial charge in [-0.2, -0.15) is 0 Å².